The van der Waals surface area contributed by atoms with Crippen LogP contribution in [0.2, 0.25) is 0 Å². The summed E-state index contributed by atoms with van der Waals surface area (Å²) >= 11 is 0. The van der Waals surface area contributed by atoms with Gasteiger partial charge in [0.1, 0.15) is 5.75 Å². The first kappa shape index (κ1) is 12.2. The van der Waals surface area contributed by atoms with Crippen LogP contribution < -0.4 is 0 Å². The largest absolute Gasteiger partial charge is 0.507 e. The summed E-state index contributed by atoms with van der Waals surface area (Å²) in [5, 5.41) is 17.8. The SMILES string of the molecule is COC(=N)c1cccc(C(C)c2c[nH]cn2)c1O. The smallest absolute Gasteiger partial charge is 0.216 e. The Kier molecular flexibility index (Phi) is 3.32. The maximum absolute atomic E-state index is 10.2. The Balaban J connectivity index is 2.43. The Labute approximate surface area is 105 Å². The lowest BCUT2D eigenvalue weighted by Gasteiger charge is -2.14. The zero-order chi connectivity index (χ0) is 13.1. The van der Waals surface area contributed by atoms with Gasteiger partial charge in [-0.2, -0.15) is 0 Å². The average molecular weight is 245 g/mol. The van der Waals surface area contributed by atoms with E-state index in [9.17, 15) is 5.11 Å². The van der Waals surface area contributed by atoms with E-state index in [-0.39, 0.29) is 17.6 Å². The molecule has 0 aliphatic heterocycles. The predicted molar refractivity (Wildman–Crippen MR) is 68.0 cm³/mol. The van der Waals surface area contributed by atoms with Crippen molar-refractivity contribution >= 4 is 5.90 Å². The fourth-order valence-corrected chi connectivity index (χ4v) is 1.87. The van der Waals surface area contributed by atoms with Crippen molar-refractivity contribution in [3.05, 3.63) is 47.5 Å². The Morgan fingerprint density at radius 1 is 1.50 bits per heavy atom. The molecule has 2 rings (SSSR count). The molecule has 18 heavy (non-hydrogen) atoms. The van der Waals surface area contributed by atoms with Crippen LogP contribution in [0.15, 0.2) is 30.7 Å². The van der Waals surface area contributed by atoms with E-state index < -0.39 is 0 Å². The molecule has 0 radical (unpaired) electrons. The van der Waals surface area contributed by atoms with E-state index in [2.05, 4.69) is 9.97 Å². The number of phenols is 1. The van der Waals surface area contributed by atoms with Crippen molar-refractivity contribution in [3.63, 3.8) is 0 Å². The number of aromatic hydroxyl groups is 1. The fraction of sp³-hybridized carbons (Fsp3) is 0.231. The highest BCUT2D eigenvalue weighted by Crippen LogP contribution is 2.32. The van der Waals surface area contributed by atoms with E-state index in [1.807, 2.05) is 13.0 Å². The van der Waals surface area contributed by atoms with Crippen LogP contribution in [0.1, 0.15) is 29.7 Å². The highest BCUT2D eigenvalue weighted by Gasteiger charge is 2.18. The molecule has 5 nitrogen and oxygen atoms in total. The van der Waals surface area contributed by atoms with E-state index in [0.717, 1.165) is 11.3 Å². The number of aromatic amines is 1. The molecule has 0 saturated heterocycles. The van der Waals surface area contributed by atoms with Crippen LogP contribution in [0.25, 0.3) is 0 Å². The van der Waals surface area contributed by atoms with Gasteiger partial charge >= 0.3 is 0 Å². The predicted octanol–water partition coefficient (Wildman–Crippen LogP) is 2.24. The van der Waals surface area contributed by atoms with Crippen molar-refractivity contribution in [2.45, 2.75) is 12.8 Å². The lowest BCUT2D eigenvalue weighted by molar-refractivity contribution is 0.395. The summed E-state index contributed by atoms with van der Waals surface area (Å²) in [6.07, 6.45) is 3.39. The number of para-hydroxylation sites is 1. The van der Waals surface area contributed by atoms with Crippen LogP contribution in [0.5, 0.6) is 5.75 Å². The first-order valence-corrected chi connectivity index (χ1v) is 5.58. The summed E-state index contributed by atoms with van der Waals surface area (Å²) in [5.74, 6) is -0.0377. The minimum absolute atomic E-state index is 0.0522. The Bertz CT molecular complexity index is 549. The maximum atomic E-state index is 10.2. The molecule has 0 spiro atoms. The molecular weight excluding hydrogens is 230 g/mol. The van der Waals surface area contributed by atoms with Crippen LogP contribution in [0.3, 0.4) is 0 Å². The second-order valence-corrected chi connectivity index (χ2v) is 3.99. The van der Waals surface area contributed by atoms with Gasteiger partial charge in [0.25, 0.3) is 0 Å². The summed E-state index contributed by atoms with van der Waals surface area (Å²) in [5.41, 5.74) is 1.95. The van der Waals surface area contributed by atoms with Gasteiger partial charge in [-0.3, -0.25) is 5.41 Å². The van der Waals surface area contributed by atoms with Crippen molar-refractivity contribution in [1.82, 2.24) is 9.97 Å². The molecule has 0 fully saturated rings. The molecule has 5 heteroatoms. The number of phenolic OH excluding ortho intramolecular Hbond substituents is 1. The van der Waals surface area contributed by atoms with E-state index in [0.29, 0.717) is 5.56 Å². The van der Waals surface area contributed by atoms with E-state index >= 15 is 0 Å². The van der Waals surface area contributed by atoms with E-state index in [1.54, 1.807) is 24.7 Å². The summed E-state index contributed by atoms with van der Waals surface area (Å²) in [7, 11) is 1.41. The summed E-state index contributed by atoms with van der Waals surface area (Å²) in [6.45, 7) is 1.95. The van der Waals surface area contributed by atoms with E-state index in [4.69, 9.17) is 10.1 Å². The zero-order valence-electron chi connectivity index (χ0n) is 10.3. The number of benzene rings is 1. The summed E-state index contributed by atoms with van der Waals surface area (Å²) < 4.78 is 4.84. The molecule has 3 N–H and O–H groups in total. The van der Waals surface area contributed by atoms with Gasteiger partial charge in [0, 0.05) is 17.7 Å². The molecular formula is C13H15N3O2. The molecule has 1 unspecified atom stereocenters. The van der Waals surface area contributed by atoms with Gasteiger partial charge in [-0.25, -0.2) is 4.98 Å². The molecule has 0 saturated carbocycles. The average Bonchev–Trinajstić information content (AvgIpc) is 2.91. The topological polar surface area (TPSA) is 82.0 Å². The Morgan fingerprint density at radius 3 is 2.89 bits per heavy atom. The first-order chi connectivity index (χ1) is 8.65. The van der Waals surface area contributed by atoms with Crippen LogP contribution in [-0.4, -0.2) is 28.1 Å². The third-order valence-electron chi connectivity index (χ3n) is 2.95. The number of H-pyrrole nitrogens is 1. The highest BCUT2D eigenvalue weighted by molar-refractivity contribution is 5.94. The molecule has 0 aliphatic carbocycles. The number of hydrogen-bond acceptors (Lipinski definition) is 4. The molecule has 0 bridgehead atoms. The van der Waals surface area contributed by atoms with Crippen molar-refractivity contribution < 1.29 is 9.84 Å². The molecule has 94 valence electrons. The maximum Gasteiger partial charge on any atom is 0.216 e. The monoisotopic (exact) mass is 245 g/mol. The number of nitrogens with zero attached hydrogens (tertiary/aromatic N) is 1. The zero-order valence-corrected chi connectivity index (χ0v) is 10.3. The number of nitrogens with one attached hydrogen (secondary N) is 2. The number of rotatable bonds is 3. The van der Waals surface area contributed by atoms with Crippen molar-refractivity contribution in [2.75, 3.05) is 7.11 Å². The lowest BCUT2D eigenvalue weighted by Crippen LogP contribution is -2.05. The van der Waals surface area contributed by atoms with Crippen molar-refractivity contribution in [2.24, 2.45) is 0 Å². The van der Waals surface area contributed by atoms with Crippen molar-refractivity contribution in [3.8, 4) is 5.75 Å². The van der Waals surface area contributed by atoms with Gasteiger partial charge in [0.15, 0.2) is 0 Å². The van der Waals surface area contributed by atoms with Crippen LogP contribution >= 0.6 is 0 Å². The third kappa shape index (κ3) is 2.07. The molecule has 2 aromatic rings. The van der Waals surface area contributed by atoms with Crippen LogP contribution in [-0.2, 0) is 4.74 Å². The second-order valence-electron chi connectivity index (χ2n) is 3.99. The number of ether oxygens (including phenoxy) is 1. The quantitative estimate of drug-likeness (QED) is 0.573. The van der Waals surface area contributed by atoms with Gasteiger partial charge < -0.3 is 14.8 Å². The normalized spacial score (nSPS) is 12.1. The first-order valence-electron chi connectivity index (χ1n) is 5.58. The standard InChI is InChI=1S/C13H15N3O2/c1-8(11-6-15-7-16-11)9-4-3-5-10(12(9)17)13(14)18-2/h3-8,14,17H,1-2H3,(H,15,16). The van der Waals surface area contributed by atoms with Gasteiger partial charge in [-0.15, -0.1) is 0 Å². The Hall–Kier alpha value is -2.30. The number of aromatic nitrogens is 2. The molecule has 0 aliphatic rings. The van der Waals surface area contributed by atoms with Gasteiger partial charge in [0.05, 0.1) is 24.7 Å². The second kappa shape index (κ2) is 4.91. The van der Waals surface area contributed by atoms with Crippen LogP contribution in [0.4, 0.5) is 0 Å². The van der Waals surface area contributed by atoms with Gasteiger partial charge in [-0.1, -0.05) is 19.1 Å². The van der Waals surface area contributed by atoms with E-state index in [1.165, 1.54) is 7.11 Å². The van der Waals surface area contributed by atoms with Gasteiger partial charge in [0.2, 0.25) is 5.90 Å². The number of hydrogen-bond donors (Lipinski definition) is 3. The lowest BCUT2D eigenvalue weighted by atomic mass is 9.95. The fourth-order valence-electron chi connectivity index (χ4n) is 1.87. The highest BCUT2D eigenvalue weighted by atomic mass is 16.5. The molecule has 1 aromatic heterocycles. The summed E-state index contributed by atoms with van der Waals surface area (Å²) in [6, 6.07) is 5.27. The molecule has 1 aromatic carbocycles. The summed E-state index contributed by atoms with van der Waals surface area (Å²) in [4.78, 5) is 7.07. The Morgan fingerprint density at radius 2 is 2.28 bits per heavy atom. The van der Waals surface area contributed by atoms with Gasteiger partial charge in [-0.05, 0) is 6.07 Å². The molecule has 0 amide bonds. The third-order valence-corrected chi connectivity index (χ3v) is 2.95. The molecule has 1 heterocycles. The number of imidazole rings is 1. The minimum atomic E-state index is -0.0548. The van der Waals surface area contributed by atoms with Crippen LogP contribution in [0, 0.1) is 5.41 Å². The minimum Gasteiger partial charge on any atom is -0.507 e. The molecule has 1 atom stereocenters. The van der Waals surface area contributed by atoms with Crippen molar-refractivity contribution in [1.29, 1.82) is 5.41 Å². The number of methoxy groups -OCH3 is 1.